The molecule has 12 heavy (non-hydrogen) atoms. The molecule has 1 fully saturated rings. The molecule has 5 amide bonds. The van der Waals surface area contributed by atoms with Gasteiger partial charge in [-0.15, -0.1) is 0 Å². The zero-order chi connectivity index (χ0) is 9.56. The molecule has 1 heterocycles. The molecule has 5 N–H and O–H groups in total. The molecule has 1 aliphatic heterocycles. The van der Waals surface area contributed by atoms with Gasteiger partial charge in [-0.2, -0.15) is 0 Å². The minimum Gasteiger partial charge on any atom is -0.352 e. The lowest BCUT2D eigenvalue weighted by atomic mass is 10.7. The van der Waals surface area contributed by atoms with Gasteiger partial charge in [-0.25, -0.2) is 9.59 Å². The smallest absolute Gasteiger partial charge is 0.323 e. The van der Waals surface area contributed by atoms with Crippen LogP contribution in [0.4, 0.5) is 9.59 Å². The number of nitrogens with two attached hydrogens (primary N) is 2. The van der Waals surface area contributed by atoms with Gasteiger partial charge >= 0.3 is 12.1 Å². The third-order valence-corrected chi connectivity index (χ3v) is 1.02. The summed E-state index contributed by atoms with van der Waals surface area (Å²) in [6.07, 6.45) is 0.530. The molecule has 0 aliphatic carbocycles. The van der Waals surface area contributed by atoms with Gasteiger partial charge in [0.15, 0.2) is 0 Å². The van der Waals surface area contributed by atoms with Crippen LogP contribution in [0.1, 0.15) is 0 Å². The van der Waals surface area contributed by atoms with Crippen LogP contribution < -0.4 is 16.8 Å². The first-order chi connectivity index (χ1) is 5.57. The third kappa shape index (κ3) is 4.09. The number of rotatable bonds is 1. The SMILES string of the molecule is NC(N)=O.O=CN1CCNC1=O. The van der Waals surface area contributed by atoms with Crippen molar-refractivity contribution in [3.05, 3.63) is 0 Å². The number of primary amides is 2. The van der Waals surface area contributed by atoms with Crippen LogP contribution in [-0.4, -0.2) is 36.5 Å². The summed E-state index contributed by atoms with van der Waals surface area (Å²) in [6.45, 7) is 1.08. The van der Waals surface area contributed by atoms with Gasteiger partial charge in [0.05, 0.1) is 0 Å². The number of hydrogen-bond acceptors (Lipinski definition) is 3. The summed E-state index contributed by atoms with van der Waals surface area (Å²) in [5.74, 6) is 0. The Bertz CT molecular complexity index is 189. The van der Waals surface area contributed by atoms with E-state index < -0.39 is 6.03 Å². The summed E-state index contributed by atoms with van der Waals surface area (Å²) >= 11 is 0. The summed E-state index contributed by atoms with van der Waals surface area (Å²) in [5.41, 5.74) is 8.50. The molecule has 0 saturated carbocycles. The molecular formula is C5H10N4O3. The highest BCUT2D eigenvalue weighted by molar-refractivity contribution is 5.86. The predicted molar refractivity (Wildman–Crippen MR) is 39.9 cm³/mol. The minimum atomic E-state index is -0.833. The Kier molecular flexibility index (Phi) is 4.20. The highest BCUT2D eigenvalue weighted by Crippen LogP contribution is 1.89. The van der Waals surface area contributed by atoms with Crippen molar-refractivity contribution < 1.29 is 14.4 Å². The Labute approximate surface area is 68.7 Å². The zero-order valence-corrected chi connectivity index (χ0v) is 6.32. The maximum absolute atomic E-state index is 10.4. The van der Waals surface area contributed by atoms with Crippen LogP contribution >= 0.6 is 0 Å². The van der Waals surface area contributed by atoms with Crippen molar-refractivity contribution in [1.29, 1.82) is 0 Å². The molecule has 1 saturated heterocycles. The summed E-state index contributed by atoms with van der Waals surface area (Å²) < 4.78 is 0. The largest absolute Gasteiger partial charge is 0.352 e. The summed E-state index contributed by atoms with van der Waals surface area (Å²) in [4.78, 5) is 30.4. The topological polar surface area (TPSA) is 119 Å². The molecular weight excluding hydrogens is 164 g/mol. The van der Waals surface area contributed by atoms with Gasteiger partial charge in [-0.05, 0) is 0 Å². The van der Waals surface area contributed by atoms with E-state index in [9.17, 15) is 9.59 Å². The lowest BCUT2D eigenvalue weighted by Crippen LogP contribution is -2.26. The van der Waals surface area contributed by atoms with Gasteiger partial charge in [0.25, 0.3) is 0 Å². The normalized spacial score (nSPS) is 14.3. The van der Waals surface area contributed by atoms with Crippen LogP contribution in [0.3, 0.4) is 0 Å². The van der Waals surface area contributed by atoms with Crippen LogP contribution in [0.5, 0.6) is 0 Å². The van der Waals surface area contributed by atoms with E-state index in [0.29, 0.717) is 19.5 Å². The molecule has 0 aromatic rings. The van der Waals surface area contributed by atoms with Crippen LogP contribution in [0.2, 0.25) is 0 Å². The fourth-order valence-corrected chi connectivity index (χ4v) is 0.587. The summed E-state index contributed by atoms with van der Waals surface area (Å²) in [5, 5.41) is 2.48. The second-order valence-corrected chi connectivity index (χ2v) is 1.93. The van der Waals surface area contributed by atoms with Crippen molar-refractivity contribution in [3.63, 3.8) is 0 Å². The number of nitrogens with one attached hydrogen (secondary N) is 1. The number of hydrogen-bond donors (Lipinski definition) is 3. The number of carbonyl (C=O) groups is 3. The van der Waals surface area contributed by atoms with E-state index in [1.165, 1.54) is 0 Å². The van der Waals surface area contributed by atoms with E-state index in [2.05, 4.69) is 16.8 Å². The standard InChI is InChI=1S/C4H6N2O2.CH4N2O/c7-3-6-2-1-5-4(6)8;2-1(3)4/h3H,1-2H2,(H,5,8);(H4,2,3,4). The lowest BCUT2D eigenvalue weighted by Gasteiger charge is -1.99. The fourth-order valence-electron chi connectivity index (χ4n) is 0.587. The van der Waals surface area contributed by atoms with Crippen LogP contribution in [0, 0.1) is 0 Å². The average Bonchev–Trinajstić information content (AvgIpc) is 2.33. The Morgan fingerprint density at radius 2 is 2.08 bits per heavy atom. The molecule has 0 bridgehead atoms. The Hall–Kier alpha value is -1.79. The summed E-state index contributed by atoms with van der Waals surface area (Å²) in [7, 11) is 0. The number of nitrogens with zero attached hydrogens (tertiary/aromatic N) is 1. The van der Waals surface area contributed by atoms with E-state index in [1.807, 2.05) is 0 Å². The van der Waals surface area contributed by atoms with E-state index in [1.54, 1.807) is 0 Å². The predicted octanol–water partition coefficient (Wildman–Crippen LogP) is -1.81. The van der Waals surface area contributed by atoms with Crippen molar-refractivity contribution in [1.82, 2.24) is 10.2 Å². The third-order valence-electron chi connectivity index (χ3n) is 1.02. The second kappa shape index (κ2) is 4.94. The first-order valence-electron chi connectivity index (χ1n) is 3.12. The van der Waals surface area contributed by atoms with Crippen molar-refractivity contribution in [3.8, 4) is 0 Å². The molecule has 0 spiro atoms. The quantitative estimate of drug-likeness (QED) is 0.406. The number of amides is 5. The van der Waals surface area contributed by atoms with Gasteiger partial charge in [0, 0.05) is 13.1 Å². The first kappa shape index (κ1) is 10.2. The van der Waals surface area contributed by atoms with Gasteiger partial charge < -0.3 is 16.8 Å². The Balaban J connectivity index is 0.000000261. The van der Waals surface area contributed by atoms with Gasteiger partial charge in [-0.3, -0.25) is 9.69 Å². The maximum atomic E-state index is 10.4. The molecule has 68 valence electrons. The molecule has 1 rings (SSSR count). The average molecular weight is 174 g/mol. The van der Waals surface area contributed by atoms with E-state index in [4.69, 9.17) is 4.79 Å². The molecule has 0 aromatic carbocycles. The van der Waals surface area contributed by atoms with Gasteiger partial charge in [0.1, 0.15) is 0 Å². The van der Waals surface area contributed by atoms with Crippen molar-refractivity contribution in [2.24, 2.45) is 11.5 Å². The fraction of sp³-hybridized carbons (Fsp3) is 0.400. The Morgan fingerprint density at radius 3 is 2.25 bits per heavy atom. The Morgan fingerprint density at radius 1 is 1.58 bits per heavy atom. The molecule has 0 radical (unpaired) electrons. The highest BCUT2D eigenvalue weighted by Gasteiger charge is 2.17. The van der Waals surface area contributed by atoms with E-state index in [0.717, 1.165) is 4.90 Å². The molecule has 0 atom stereocenters. The number of urea groups is 2. The van der Waals surface area contributed by atoms with Gasteiger partial charge in [-0.1, -0.05) is 0 Å². The van der Waals surface area contributed by atoms with Crippen molar-refractivity contribution >= 4 is 18.5 Å². The number of carbonyl (C=O) groups excluding carboxylic acids is 3. The molecule has 1 aliphatic rings. The van der Waals surface area contributed by atoms with Crippen LogP contribution in [0.15, 0.2) is 0 Å². The summed E-state index contributed by atoms with van der Waals surface area (Å²) in [6, 6.07) is -1.12. The zero-order valence-electron chi connectivity index (χ0n) is 6.32. The molecule has 0 unspecified atom stereocenters. The van der Waals surface area contributed by atoms with Crippen molar-refractivity contribution in [2.45, 2.75) is 0 Å². The number of imide groups is 1. The first-order valence-corrected chi connectivity index (χ1v) is 3.12. The molecule has 0 aromatic heterocycles. The van der Waals surface area contributed by atoms with E-state index >= 15 is 0 Å². The highest BCUT2D eigenvalue weighted by atomic mass is 16.2. The van der Waals surface area contributed by atoms with Crippen molar-refractivity contribution in [2.75, 3.05) is 13.1 Å². The van der Waals surface area contributed by atoms with Crippen LogP contribution in [0.25, 0.3) is 0 Å². The minimum absolute atomic E-state index is 0.292. The van der Waals surface area contributed by atoms with Gasteiger partial charge in [0.2, 0.25) is 6.41 Å². The maximum Gasteiger partial charge on any atom is 0.323 e. The molecule has 7 heteroatoms. The molecule has 7 nitrogen and oxygen atoms in total. The monoisotopic (exact) mass is 174 g/mol. The second-order valence-electron chi connectivity index (χ2n) is 1.93. The lowest BCUT2D eigenvalue weighted by molar-refractivity contribution is -0.115. The van der Waals surface area contributed by atoms with Crippen LogP contribution in [-0.2, 0) is 4.79 Å². The van der Waals surface area contributed by atoms with E-state index in [-0.39, 0.29) is 6.03 Å².